The molecule has 0 unspecified atom stereocenters. The molecule has 0 saturated carbocycles. The van der Waals surface area contributed by atoms with E-state index in [0.29, 0.717) is 18.3 Å². The fourth-order valence-corrected chi connectivity index (χ4v) is 2.12. The van der Waals surface area contributed by atoms with Gasteiger partial charge in [-0.3, -0.25) is 0 Å². The second-order valence-electron chi connectivity index (χ2n) is 3.79. The van der Waals surface area contributed by atoms with Gasteiger partial charge in [0.2, 0.25) is 5.09 Å². The van der Waals surface area contributed by atoms with E-state index in [1.807, 2.05) is 0 Å². The molecule has 0 amide bonds. The summed E-state index contributed by atoms with van der Waals surface area (Å²) in [5.74, 6) is 0.580. The Kier molecular flexibility index (Phi) is 3.13. The van der Waals surface area contributed by atoms with Crippen molar-refractivity contribution in [3.8, 4) is 0 Å². The molecule has 0 spiro atoms. The smallest absolute Gasteiger partial charge is 0.271 e. The molecular weight excluding hydrogens is 228 g/mol. The molecule has 3 N–H and O–H groups in total. The molecule has 1 aromatic heterocycles. The fraction of sp³-hybridized carbons (Fsp3) is 0.400. The average Bonchev–Trinajstić information content (AvgIpc) is 2.85. The van der Waals surface area contributed by atoms with E-state index in [-0.39, 0.29) is 5.09 Å². The van der Waals surface area contributed by atoms with Gasteiger partial charge in [-0.15, -0.1) is 0 Å². The van der Waals surface area contributed by atoms with Crippen molar-refractivity contribution in [3.63, 3.8) is 0 Å². The molecule has 16 heavy (non-hydrogen) atoms. The van der Waals surface area contributed by atoms with Crippen molar-refractivity contribution in [2.45, 2.75) is 30.5 Å². The van der Waals surface area contributed by atoms with Crippen molar-refractivity contribution in [1.82, 2.24) is 5.32 Å². The van der Waals surface area contributed by atoms with E-state index in [0.717, 1.165) is 12.8 Å². The van der Waals surface area contributed by atoms with E-state index in [1.54, 1.807) is 6.07 Å². The van der Waals surface area contributed by atoms with Crippen LogP contribution in [0.5, 0.6) is 0 Å². The second kappa shape index (κ2) is 4.40. The second-order valence-corrected chi connectivity index (χ2v) is 5.28. The van der Waals surface area contributed by atoms with Crippen molar-refractivity contribution in [1.29, 1.82) is 0 Å². The molecule has 0 bridgehead atoms. The molecule has 88 valence electrons. The van der Waals surface area contributed by atoms with Gasteiger partial charge in [-0.05, 0) is 25.0 Å². The molecule has 0 aromatic carbocycles. The maximum Gasteiger partial charge on any atom is 0.271 e. The van der Waals surface area contributed by atoms with E-state index < -0.39 is 10.0 Å². The van der Waals surface area contributed by atoms with Crippen molar-refractivity contribution in [2.24, 2.45) is 5.14 Å². The molecule has 1 heterocycles. The zero-order valence-corrected chi connectivity index (χ0v) is 9.53. The van der Waals surface area contributed by atoms with Crippen LogP contribution in [0.15, 0.2) is 33.8 Å². The van der Waals surface area contributed by atoms with Crippen LogP contribution < -0.4 is 10.5 Å². The number of furan rings is 1. The Morgan fingerprint density at radius 1 is 1.38 bits per heavy atom. The van der Waals surface area contributed by atoms with E-state index >= 15 is 0 Å². The van der Waals surface area contributed by atoms with Crippen LogP contribution in [0.3, 0.4) is 0 Å². The van der Waals surface area contributed by atoms with Crippen LogP contribution in [-0.4, -0.2) is 14.5 Å². The predicted molar refractivity (Wildman–Crippen MR) is 59.1 cm³/mol. The van der Waals surface area contributed by atoms with Gasteiger partial charge in [0.1, 0.15) is 5.76 Å². The van der Waals surface area contributed by atoms with Crippen LogP contribution in [0.2, 0.25) is 0 Å². The highest BCUT2D eigenvalue weighted by Gasteiger charge is 2.14. The Labute approximate surface area is 94.4 Å². The Balaban J connectivity index is 1.93. The molecule has 0 aliphatic heterocycles. The van der Waals surface area contributed by atoms with Crippen LogP contribution in [0.25, 0.3) is 0 Å². The molecule has 0 radical (unpaired) electrons. The molecule has 1 aliphatic carbocycles. The van der Waals surface area contributed by atoms with Crippen molar-refractivity contribution in [2.75, 3.05) is 0 Å². The van der Waals surface area contributed by atoms with Gasteiger partial charge in [0.05, 0.1) is 6.54 Å². The third-order valence-corrected chi connectivity index (χ3v) is 3.27. The Morgan fingerprint density at radius 2 is 2.06 bits per heavy atom. The number of hydrogen-bond acceptors (Lipinski definition) is 4. The lowest BCUT2D eigenvalue weighted by Crippen LogP contribution is -2.25. The molecule has 2 rings (SSSR count). The number of nitrogens with one attached hydrogen (secondary N) is 1. The van der Waals surface area contributed by atoms with Gasteiger partial charge in [-0.25, -0.2) is 13.6 Å². The van der Waals surface area contributed by atoms with E-state index in [2.05, 4.69) is 17.5 Å². The lowest BCUT2D eigenvalue weighted by molar-refractivity contribution is 0.390. The monoisotopic (exact) mass is 242 g/mol. The van der Waals surface area contributed by atoms with Gasteiger partial charge in [0, 0.05) is 6.04 Å². The Hall–Kier alpha value is -1.11. The molecule has 1 aromatic rings. The first-order valence-corrected chi connectivity index (χ1v) is 6.60. The zero-order valence-electron chi connectivity index (χ0n) is 8.72. The number of nitrogens with two attached hydrogens (primary N) is 1. The van der Waals surface area contributed by atoms with Gasteiger partial charge in [0.25, 0.3) is 10.0 Å². The van der Waals surface area contributed by atoms with Gasteiger partial charge in [0.15, 0.2) is 0 Å². The predicted octanol–water partition coefficient (Wildman–Crippen LogP) is 0.735. The largest absolute Gasteiger partial charge is 0.447 e. The molecule has 0 atom stereocenters. The minimum atomic E-state index is -3.73. The summed E-state index contributed by atoms with van der Waals surface area (Å²) in [6.07, 6.45) is 6.25. The molecule has 0 saturated heterocycles. The third-order valence-electron chi connectivity index (χ3n) is 2.49. The molecule has 6 heteroatoms. The fourth-order valence-electron chi connectivity index (χ4n) is 1.63. The van der Waals surface area contributed by atoms with Gasteiger partial charge in [-0.1, -0.05) is 12.2 Å². The molecule has 5 nitrogen and oxygen atoms in total. The highest BCUT2D eigenvalue weighted by atomic mass is 32.2. The summed E-state index contributed by atoms with van der Waals surface area (Å²) in [7, 11) is -3.73. The van der Waals surface area contributed by atoms with Gasteiger partial charge >= 0.3 is 0 Å². The number of primary sulfonamides is 1. The highest BCUT2D eigenvalue weighted by Crippen LogP contribution is 2.14. The minimum Gasteiger partial charge on any atom is -0.447 e. The number of sulfonamides is 1. The summed E-state index contributed by atoms with van der Waals surface area (Å²) in [6, 6.07) is 3.41. The van der Waals surface area contributed by atoms with Crippen LogP contribution in [0.1, 0.15) is 18.6 Å². The zero-order chi connectivity index (χ0) is 11.6. The lowest BCUT2D eigenvalue weighted by Gasteiger charge is -2.09. The van der Waals surface area contributed by atoms with Crippen LogP contribution in [-0.2, 0) is 16.6 Å². The number of rotatable bonds is 4. The first-order chi connectivity index (χ1) is 7.55. The highest BCUT2D eigenvalue weighted by molar-refractivity contribution is 7.89. The van der Waals surface area contributed by atoms with Crippen molar-refractivity contribution >= 4 is 10.0 Å². The first-order valence-electron chi connectivity index (χ1n) is 5.05. The van der Waals surface area contributed by atoms with Crippen molar-refractivity contribution < 1.29 is 12.8 Å². The van der Waals surface area contributed by atoms with Crippen LogP contribution in [0.4, 0.5) is 0 Å². The average molecular weight is 242 g/mol. The molecule has 0 fully saturated rings. The van der Waals surface area contributed by atoms with E-state index in [4.69, 9.17) is 9.56 Å². The lowest BCUT2D eigenvalue weighted by atomic mass is 10.2. The van der Waals surface area contributed by atoms with Gasteiger partial charge < -0.3 is 9.73 Å². The van der Waals surface area contributed by atoms with Crippen molar-refractivity contribution in [3.05, 3.63) is 30.0 Å². The maximum absolute atomic E-state index is 11.0. The summed E-state index contributed by atoms with van der Waals surface area (Å²) < 4.78 is 27.0. The summed E-state index contributed by atoms with van der Waals surface area (Å²) >= 11 is 0. The standard InChI is InChI=1S/C10H14N2O3S/c11-16(13,14)10-6-5-9(15-10)7-12-8-3-1-2-4-8/h1-2,5-6,8,12H,3-4,7H2,(H2,11,13,14). The first kappa shape index (κ1) is 11.4. The Morgan fingerprint density at radius 3 is 2.62 bits per heavy atom. The summed E-state index contributed by atoms with van der Waals surface area (Å²) in [5, 5.41) is 8.02. The van der Waals surface area contributed by atoms with Crippen LogP contribution in [0, 0.1) is 0 Å². The number of hydrogen-bond donors (Lipinski definition) is 2. The topological polar surface area (TPSA) is 85.3 Å². The third kappa shape index (κ3) is 2.72. The van der Waals surface area contributed by atoms with Crippen LogP contribution >= 0.6 is 0 Å². The van der Waals surface area contributed by atoms with Gasteiger partial charge in [-0.2, -0.15) is 0 Å². The summed E-state index contributed by atoms with van der Waals surface area (Å²) in [5.41, 5.74) is 0. The quantitative estimate of drug-likeness (QED) is 0.762. The van der Waals surface area contributed by atoms with E-state index in [1.165, 1.54) is 6.07 Å². The molecule has 1 aliphatic rings. The summed E-state index contributed by atoms with van der Waals surface area (Å²) in [4.78, 5) is 0. The minimum absolute atomic E-state index is 0.186. The summed E-state index contributed by atoms with van der Waals surface area (Å²) in [6.45, 7) is 0.516. The normalized spacial score (nSPS) is 17.1. The molecular formula is C10H14N2O3S. The SMILES string of the molecule is NS(=O)(=O)c1ccc(CNC2CC=CC2)o1. The Bertz CT molecular complexity index is 482. The maximum atomic E-state index is 11.0. The van der Waals surface area contributed by atoms with E-state index in [9.17, 15) is 8.42 Å².